The number of carbonyl (C=O) groups excluding carboxylic acids is 1. The van der Waals surface area contributed by atoms with Crippen molar-refractivity contribution in [3.63, 3.8) is 0 Å². The molecule has 1 aromatic carbocycles. The SMILES string of the molecule is COc1cc(NC2CCN(C(=O)c3cccc(F)c3)CC2)ncn1. The van der Waals surface area contributed by atoms with Gasteiger partial charge < -0.3 is 15.0 Å². The van der Waals surface area contributed by atoms with E-state index in [4.69, 9.17) is 4.74 Å². The number of piperidine rings is 1. The van der Waals surface area contributed by atoms with E-state index >= 15 is 0 Å². The van der Waals surface area contributed by atoms with E-state index in [1.165, 1.54) is 18.5 Å². The van der Waals surface area contributed by atoms with Crippen LogP contribution in [0.15, 0.2) is 36.7 Å². The zero-order valence-electron chi connectivity index (χ0n) is 13.4. The summed E-state index contributed by atoms with van der Waals surface area (Å²) in [6.07, 6.45) is 3.05. The van der Waals surface area contributed by atoms with Gasteiger partial charge in [0.05, 0.1) is 7.11 Å². The third-order valence-electron chi connectivity index (χ3n) is 4.06. The van der Waals surface area contributed by atoms with Crippen molar-refractivity contribution >= 4 is 11.7 Å². The molecule has 0 spiro atoms. The van der Waals surface area contributed by atoms with Crippen LogP contribution in [0.3, 0.4) is 0 Å². The first kappa shape index (κ1) is 16.2. The maximum absolute atomic E-state index is 13.3. The molecule has 2 aromatic rings. The van der Waals surface area contributed by atoms with Crippen molar-refractivity contribution < 1.29 is 13.9 Å². The van der Waals surface area contributed by atoms with Crippen molar-refractivity contribution in [3.8, 4) is 5.88 Å². The quantitative estimate of drug-likeness (QED) is 0.932. The van der Waals surface area contributed by atoms with Crippen molar-refractivity contribution in [2.45, 2.75) is 18.9 Å². The van der Waals surface area contributed by atoms with Crippen molar-refractivity contribution in [3.05, 3.63) is 48.0 Å². The van der Waals surface area contributed by atoms with Crippen LogP contribution in [-0.2, 0) is 0 Å². The summed E-state index contributed by atoms with van der Waals surface area (Å²) in [7, 11) is 1.56. The van der Waals surface area contributed by atoms with Crippen LogP contribution in [0.25, 0.3) is 0 Å². The molecule has 126 valence electrons. The molecular formula is C17H19FN4O2. The van der Waals surface area contributed by atoms with E-state index in [0.717, 1.165) is 12.8 Å². The Hall–Kier alpha value is -2.70. The fourth-order valence-electron chi connectivity index (χ4n) is 2.77. The van der Waals surface area contributed by atoms with Gasteiger partial charge in [0.15, 0.2) is 0 Å². The molecule has 0 unspecified atom stereocenters. The Morgan fingerprint density at radius 1 is 1.29 bits per heavy atom. The fourth-order valence-corrected chi connectivity index (χ4v) is 2.77. The van der Waals surface area contributed by atoms with Gasteiger partial charge in [0.1, 0.15) is 18.0 Å². The molecule has 1 aliphatic heterocycles. The maximum Gasteiger partial charge on any atom is 0.253 e. The standard InChI is InChI=1S/C17H19FN4O2/c1-24-16-10-15(19-11-20-16)21-14-5-7-22(8-6-14)17(23)12-3-2-4-13(18)9-12/h2-4,9-11,14H,5-8H2,1H3,(H,19,20,21). The number of benzene rings is 1. The van der Waals surface area contributed by atoms with Crippen molar-refractivity contribution in [2.75, 3.05) is 25.5 Å². The molecule has 1 fully saturated rings. The van der Waals surface area contributed by atoms with Crippen LogP contribution in [0.1, 0.15) is 23.2 Å². The first-order chi connectivity index (χ1) is 11.7. The van der Waals surface area contributed by atoms with Gasteiger partial charge in [-0.3, -0.25) is 4.79 Å². The number of likely N-dealkylation sites (tertiary alicyclic amines) is 1. The molecule has 0 radical (unpaired) electrons. The highest BCUT2D eigenvalue weighted by Crippen LogP contribution is 2.19. The lowest BCUT2D eigenvalue weighted by molar-refractivity contribution is 0.0718. The summed E-state index contributed by atoms with van der Waals surface area (Å²) >= 11 is 0. The van der Waals surface area contributed by atoms with Crippen LogP contribution in [0.4, 0.5) is 10.2 Å². The molecule has 1 aliphatic rings. The molecule has 0 atom stereocenters. The monoisotopic (exact) mass is 330 g/mol. The Bertz CT molecular complexity index is 717. The lowest BCUT2D eigenvalue weighted by Gasteiger charge is -2.32. The van der Waals surface area contributed by atoms with Crippen LogP contribution < -0.4 is 10.1 Å². The third-order valence-corrected chi connectivity index (χ3v) is 4.06. The van der Waals surface area contributed by atoms with Gasteiger partial charge in [-0.25, -0.2) is 14.4 Å². The van der Waals surface area contributed by atoms with Crippen LogP contribution in [0, 0.1) is 5.82 Å². The number of nitrogens with one attached hydrogen (secondary N) is 1. The molecule has 1 aromatic heterocycles. The van der Waals surface area contributed by atoms with Gasteiger partial charge in [0.25, 0.3) is 5.91 Å². The second kappa shape index (κ2) is 7.25. The summed E-state index contributed by atoms with van der Waals surface area (Å²) < 4.78 is 18.3. The van der Waals surface area contributed by atoms with Crippen LogP contribution >= 0.6 is 0 Å². The molecular weight excluding hydrogens is 311 g/mol. The number of aromatic nitrogens is 2. The Morgan fingerprint density at radius 3 is 2.79 bits per heavy atom. The predicted molar refractivity (Wildman–Crippen MR) is 87.5 cm³/mol. The smallest absolute Gasteiger partial charge is 0.253 e. The van der Waals surface area contributed by atoms with Gasteiger partial charge in [-0.05, 0) is 31.0 Å². The molecule has 0 saturated carbocycles. The van der Waals surface area contributed by atoms with E-state index in [2.05, 4.69) is 15.3 Å². The second-order valence-electron chi connectivity index (χ2n) is 5.67. The van der Waals surface area contributed by atoms with E-state index in [0.29, 0.717) is 30.4 Å². The fraction of sp³-hybridized carbons (Fsp3) is 0.353. The highest BCUT2D eigenvalue weighted by atomic mass is 19.1. The molecule has 7 heteroatoms. The van der Waals surface area contributed by atoms with Gasteiger partial charge in [-0.1, -0.05) is 6.07 Å². The van der Waals surface area contributed by atoms with E-state index in [1.54, 1.807) is 30.2 Å². The molecule has 1 saturated heterocycles. The van der Waals surface area contributed by atoms with Gasteiger partial charge in [-0.2, -0.15) is 0 Å². The van der Waals surface area contributed by atoms with Gasteiger partial charge in [0.2, 0.25) is 5.88 Å². The normalized spacial score (nSPS) is 15.2. The van der Waals surface area contributed by atoms with Crippen LogP contribution in [0.2, 0.25) is 0 Å². The minimum absolute atomic E-state index is 0.128. The van der Waals surface area contributed by atoms with E-state index in [9.17, 15) is 9.18 Å². The molecule has 1 N–H and O–H groups in total. The maximum atomic E-state index is 13.3. The molecule has 0 bridgehead atoms. The zero-order chi connectivity index (χ0) is 16.9. The first-order valence-electron chi connectivity index (χ1n) is 7.83. The number of anilines is 1. The number of amides is 1. The van der Waals surface area contributed by atoms with Crippen molar-refractivity contribution in [1.82, 2.24) is 14.9 Å². The van der Waals surface area contributed by atoms with E-state index < -0.39 is 5.82 Å². The van der Waals surface area contributed by atoms with Crippen LogP contribution in [0.5, 0.6) is 5.88 Å². The van der Waals surface area contributed by atoms with Crippen molar-refractivity contribution in [1.29, 1.82) is 0 Å². The minimum atomic E-state index is -0.393. The average molecular weight is 330 g/mol. The first-order valence-corrected chi connectivity index (χ1v) is 7.83. The summed E-state index contributed by atoms with van der Waals surface area (Å²) in [5.41, 5.74) is 0.391. The summed E-state index contributed by atoms with van der Waals surface area (Å²) in [5, 5.41) is 3.33. The number of rotatable bonds is 4. The van der Waals surface area contributed by atoms with E-state index in [-0.39, 0.29) is 11.9 Å². The Morgan fingerprint density at radius 2 is 2.08 bits per heavy atom. The lowest BCUT2D eigenvalue weighted by atomic mass is 10.0. The number of halogens is 1. The zero-order valence-corrected chi connectivity index (χ0v) is 13.4. The predicted octanol–water partition coefficient (Wildman–Crippen LogP) is 2.34. The topological polar surface area (TPSA) is 67.3 Å². The largest absolute Gasteiger partial charge is 0.481 e. The highest BCUT2D eigenvalue weighted by molar-refractivity contribution is 5.94. The summed E-state index contributed by atoms with van der Waals surface area (Å²) in [4.78, 5) is 22.3. The highest BCUT2D eigenvalue weighted by Gasteiger charge is 2.24. The Balaban J connectivity index is 1.56. The second-order valence-corrected chi connectivity index (χ2v) is 5.67. The minimum Gasteiger partial charge on any atom is -0.481 e. The van der Waals surface area contributed by atoms with Crippen molar-refractivity contribution in [2.24, 2.45) is 0 Å². The third kappa shape index (κ3) is 3.79. The number of nitrogens with zero attached hydrogens (tertiary/aromatic N) is 3. The van der Waals surface area contributed by atoms with E-state index in [1.807, 2.05) is 0 Å². The van der Waals surface area contributed by atoms with Gasteiger partial charge in [-0.15, -0.1) is 0 Å². The summed E-state index contributed by atoms with van der Waals surface area (Å²) in [5.74, 6) is 0.690. The van der Waals surface area contributed by atoms with Crippen LogP contribution in [-0.4, -0.2) is 47.0 Å². The number of hydrogen-bond acceptors (Lipinski definition) is 5. The summed E-state index contributed by atoms with van der Waals surface area (Å²) in [6.45, 7) is 1.24. The number of ether oxygens (including phenoxy) is 1. The average Bonchev–Trinajstić information content (AvgIpc) is 2.62. The number of methoxy groups -OCH3 is 1. The van der Waals surface area contributed by atoms with Gasteiger partial charge >= 0.3 is 0 Å². The number of carbonyl (C=O) groups is 1. The molecule has 24 heavy (non-hydrogen) atoms. The molecule has 0 aliphatic carbocycles. The number of hydrogen-bond donors (Lipinski definition) is 1. The summed E-state index contributed by atoms with van der Waals surface area (Å²) in [6, 6.07) is 7.77. The molecule has 6 nitrogen and oxygen atoms in total. The molecule has 3 rings (SSSR count). The lowest BCUT2D eigenvalue weighted by Crippen LogP contribution is -2.42. The van der Waals surface area contributed by atoms with Gasteiger partial charge in [0, 0.05) is 30.8 Å². The Labute approximate surface area is 139 Å². The molecule has 1 amide bonds. The molecule has 2 heterocycles. The Kier molecular flexibility index (Phi) is 4.88.